The zero-order chi connectivity index (χ0) is 13.6. The van der Waals surface area contributed by atoms with Crippen LogP contribution in [0.4, 0.5) is 5.69 Å². The van der Waals surface area contributed by atoms with Crippen LogP contribution in [-0.4, -0.2) is 4.98 Å². The molecule has 3 aromatic rings. The van der Waals surface area contributed by atoms with Crippen LogP contribution in [-0.2, 0) is 0 Å². The van der Waals surface area contributed by atoms with Gasteiger partial charge in [0.2, 0.25) is 5.89 Å². The van der Waals surface area contributed by atoms with Crippen molar-refractivity contribution in [3.63, 3.8) is 0 Å². The summed E-state index contributed by atoms with van der Waals surface area (Å²) >= 11 is 0. The number of anilines is 1. The second-order valence-corrected chi connectivity index (χ2v) is 4.99. The van der Waals surface area contributed by atoms with E-state index in [2.05, 4.69) is 24.9 Å². The monoisotopic (exact) mass is 252 g/mol. The molecule has 0 aliphatic heterocycles. The lowest BCUT2D eigenvalue weighted by molar-refractivity contribution is 0.619. The zero-order valence-corrected chi connectivity index (χ0v) is 11.3. The number of rotatable bonds is 1. The summed E-state index contributed by atoms with van der Waals surface area (Å²) in [7, 11) is 0. The predicted molar refractivity (Wildman–Crippen MR) is 78.1 cm³/mol. The number of fused-ring (bicyclic) bond motifs is 1. The van der Waals surface area contributed by atoms with Crippen LogP contribution < -0.4 is 5.73 Å². The number of hydrogen-bond donors (Lipinski definition) is 1. The van der Waals surface area contributed by atoms with Crippen molar-refractivity contribution in [3.05, 3.63) is 47.0 Å². The number of hydrogen-bond acceptors (Lipinski definition) is 3. The maximum atomic E-state index is 5.83. The fraction of sp³-hybridized carbons (Fsp3) is 0.188. The number of nitrogen functional groups attached to an aromatic ring is 1. The van der Waals surface area contributed by atoms with Crippen molar-refractivity contribution in [1.29, 1.82) is 0 Å². The summed E-state index contributed by atoms with van der Waals surface area (Å²) < 4.78 is 5.83. The molecule has 3 nitrogen and oxygen atoms in total. The molecule has 0 saturated carbocycles. The van der Waals surface area contributed by atoms with E-state index in [9.17, 15) is 0 Å². The lowest BCUT2D eigenvalue weighted by Crippen LogP contribution is -1.89. The van der Waals surface area contributed by atoms with Gasteiger partial charge in [-0.3, -0.25) is 0 Å². The van der Waals surface area contributed by atoms with Gasteiger partial charge in [-0.2, -0.15) is 0 Å². The van der Waals surface area contributed by atoms with Gasteiger partial charge in [-0.05, 0) is 67.8 Å². The first-order chi connectivity index (χ1) is 9.04. The van der Waals surface area contributed by atoms with Crippen molar-refractivity contribution in [2.45, 2.75) is 20.8 Å². The largest absolute Gasteiger partial charge is 0.436 e. The molecule has 0 aliphatic carbocycles. The standard InChI is InChI=1S/C16H16N2O/c1-9-7-14-15(8-10(9)2)19-16(18-14)12-4-5-13(17)11(3)6-12/h4-8H,17H2,1-3H3. The maximum Gasteiger partial charge on any atom is 0.227 e. The first-order valence-corrected chi connectivity index (χ1v) is 6.29. The van der Waals surface area contributed by atoms with Crippen LogP contribution in [0.2, 0.25) is 0 Å². The van der Waals surface area contributed by atoms with Gasteiger partial charge in [-0.1, -0.05) is 0 Å². The van der Waals surface area contributed by atoms with Gasteiger partial charge in [-0.15, -0.1) is 0 Å². The average molecular weight is 252 g/mol. The highest BCUT2D eigenvalue weighted by Crippen LogP contribution is 2.28. The molecule has 0 fully saturated rings. The van der Waals surface area contributed by atoms with E-state index in [1.54, 1.807) is 0 Å². The summed E-state index contributed by atoms with van der Waals surface area (Å²) in [4.78, 5) is 4.55. The van der Waals surface area contributed by atoms with Crippen molar-refractivity contribution in [2.75, 3.05) is 5.73 Å². The summed E-state index contributed by atoms with van der Waals surface area (Å²) in [6.45, 7) is 6.14. The van der Waals surface area contributed by atoms with Crippen LogP contribution in [0.15, 0.2) is 34.7 Å². The van der Waals surface area contributed by atoms with Crippen LogP contribution in [0.5, 0.6) is 0 Å². The Kier molecular flexibility index (Phi) is 2.56. The quantitative estimate of drug-likeness (QED) is 0.666. The number of nitrogens with two attached hydrogens (primary N) is 1. The Morgan fingerprint density at radius 2 is 1.68 bits per heavy atom. The highest BCUT2D eigenvalue weighted by atomic mass is 16.3. The van der Waals surface area contributed by atoms with Gasteiger partial charge < -0.3 is 10.2 Å². The van der Waals surface area contributed by atoms with E-state index >= 15 is 0 Å². The predicted octanol–water partition coefficient (Wildman–Crippen LogP) is 4.00. The van der Waals surface area contributed by atoms with Crippen molar-refractivity contribution in [3.8, 4) is 11.5 Å². The third-order valence-corrected chi connectivity index (χ3v) is 3.52. The number of oxazole rings is 1. The van der Waals surface area contributed by atoms with Gasteiger partial charge in [0.1, 0.15) is 5.52 Å². The molecule has 0 spiro atoms. The molecule has 0 aliphatic rings. The third-order valence-electron chi connectivity index (χ3n) is 3.52. The molecule has 0 bridgehead atoms. The maximum absolute atomic E-state index is 5.83. The van der Waals surface area contributed by atoms with Crippen LogP contribution in [0.3, 0.4) is 0 Å². The van der Waals surface area contributed by atoms with Gasteiger partial charge in [0.15, 0.2) is 5.58 Å². The highest BCUT2D eigenvalue weighted by molar-refractivity contribution is 5.78. The van der Waals surface area contributed by atoms with Gasteiger partial charge in [0.05, 0.1) is 0 Å². The minimum absolute atomic E-state index is 0.642. The molecule has 2 aromatic carbocycles. The van der Waals surface area contributed by atoms with Crippen molar-refractivity contribution < 1.29 is 4.42 Å². The molecule has 96 valence electrons. The molecule has 3 rings (SSSR count). The third kappa shape index (κ3) is 1.97. The van der Waals surface area contributed by atoms with Crippen LogP contribution in [0, 0.1) is 20.8 Å². The van der Waals surface area contributed by atoms with E-state index in [0.717, 1.165) is 27.9 Å². The lowest BCUT2D eigenvalue weighted by Gasteiger charge is -2.01. The Labute approximate surface area is 112 Å². The second kappa shape index (κ2) is 4.12. The summed E-state index contributed by atoms with van der Waals surface area (Å²) in [5, 5.41) is 0. The first-order valence-electron chi connectivity index (χ1n) is 6.29. The summed E-state index contributed by atoms with van der Waals surface area (Å²) in [5.74, 6) is 0.642. The minimum atomic E-state index is 0.642. The van der Waals surface area contributed by atoms with Gasteiger partial charge >= 0.3 is 0 Å². The summed E-state index contributed by atoms with van der Waals surface area (Å²) in [5.41, 5.74) is 12.8. The molecular weight excluding hydrogens is 236 g/mol. The molecule has 0 unspecified atom stereocenters. The van der Waals surface area contributed by atoms with E-state index < -0.39 is 0 Å². The Balaban J connectivity index is 2.17. The Morgan fingerprint density at radius 3 is 2.42 bits per heavy atom. The molecule has 1 aromatic heterocycles. The van der Waals surface area contributed by atoms with E-state index in [1.165, 1.54) is 11.1 Å². The molecule has 0 radical (unpaired) electrons. The number of nitrogens with zero attached hydrogens (tertiary/aromatic N) is 1. The van der Waals surface area contributed by atoms with Crippen LogP contribution in [0.25, 0.3) is 22.6 Å². The van der Waals surface area contributed by atoms with Crippen LogP contribution in [0.1, 0.15) is 16.7 Å². The number of aromatic nitrogens is 1. The Morgan fingerprint density at radius 1 is 0.947 bits per heavy atom. The van der Waals surface area contributed by atoms with E-state index in [-0.39, 0.29) is 0 Å². The summed E-state index contributed by atoms with van der Waals surface area (Å²) in [6, 6.07) is 9.91. The first kappa shape index (κ1) is 11.8. The van der Waals surface area contributed by atoms with Gasteiger partial charge in [-0.25, -0.2) is 4.98 Å². The SMILES string of the molecule is Cc1cc2nc(-c3ccc(N)c(C)c3)oc2cc1C. The van der Waals surface area contributed by atoms with Crippen molar-refractivity contribution in [2.24, 2.45) is 0 Å². The smallest absolute Gasteiger partial charge is 0.227 e. The number of benzene rings is 2. The van der Waals surface area contributed by atoms with Gasteiger partial charge in [0.25, 0.3) is 0 Å². The normalized spacial score (nSPS) is 11.1. The van der Waals surface area contributed by atoms with Crippen LogP contribution >= 0.6 is 0 Å². The molecule has 0 saturated heterocycles. The highest BCUT2D eigenvalue weighted by Gasteiger charge is 2.10. The zero-order valence-electron chi connectivity index (χ0n) is 11.3. The van der Waals surface area contributed by atoms with E-state index in [1.807, 2.05) is 31.2 Å². The van der Waals surface area contributed by atoms with Crippen molar-refractivity contribution in [1.82, 2.24) is 4.98 Å². The molecule has 2 N–H and O–H groups in total. The number of aryl methyl sites for hydroxylation is 3. The molecule has 3 heteroatoms. The molecule has 19 heavy (non-hydrogen) atoms. The molecule has 0 atom stereocenters. The Hall–Kier alpha value is -2.29. The Bertz CT molecular complexity index is 733. The lowest BCUT2D eigenvalue weighted by atomic mass is 10.1. The minimum Gasteiger partial charge on any atom is -0.436 e. The van der Waals surface area contributed by atoms with E-state index in [0.29, 0.717) is 5.89 Å². The fourth-order valence-electron chi connectivity index (χ4n) is 2.11. The van der Waals surface area contributed by atoms with Gasteiger partial charge in [0, 0.05) is 11.3 Å². The topological polar surface area (TPSA) is 52.0 Å². The van der Waals surface area contributed by atoms with Crippen molar-refractivity contribution >= 4 is 16.8 Å². The fourth-order valence-corrected chi connectivity index (χ4v) is 2.11. The molecular formula is C16H16N2O. The molecule has 0 amide bonds. The molecule has 1 heterocycles. The second-order valence-electron chi connectivity index (χ2n) is 4.99. The summed E-state index contributed by atoms with van der Waals surface area (Å²) in [6.07, 6.45) is 0. The van der Waals surface area contributed by atoms with E-state index in [4.69, 9.17) is 10.2 Å². The average Bonchev–Trinajstić information content (AvgIpc) is 2.76.